The number of halogens is 3. The summed E-state index contributed by atoms with van der Waals surface area (Å²) in [6.45, 7) is 5.96. The molecule has 0 atom stereocenters. The van der Waals surface area contributed by atoms with Crippen LogP contribution in [0.3, 0.4) is 0 Å². The van der Waals surface area contributed by atoms with Gasteiger partial charge in [0.25, 0.3) is 0 Å². The van der Waals surface area contributed by atoms with Crippen molar-refractivity contribution in [3.05, 3.63) is 27.4 Å². The van der Waals surface area contributed by atoms with Crippen molar-refractivity contribution in [2.75, 3.05) is 13.2 Å². The van der Waals surface area contributed by atoms with Gasteiger partial charge >= 0.3 is 0 Å². The maximum absolute atomic E-state index is 13.3. The van der Waals surface area contributed by atoms with Crippen molar-refractivity contribution in [3.63, 3.8) is 0 Å². The summed E-state index contributed by atoms with van der Waals surface area (Å²) in [5.41, 5.74) is 0. The molecule has 0 saturated carbocycles. The van der Waals surface area contributed by atoms with Crippen molar-refractivity contribution in [3.8, 4) is 5.75 Å². The molecule has 0 amide bonds. The van der Waals surface area contributed by atoms with Gasteiger partial charge in [-0.15, -0.1) is 0 Å². The number of hydrogen-bond acceptors (Lipinski definition) is 2. The molecule has 0 aliphatic heterocycles. The molecule has 0 bridgehead atoms. The Morgan fingerprint density at radius 3 is 2.65 bits per heavy atom. The van der Waals surface area contributed by atoms with E-state index in [2.05, 4.69) is 35.1 Å². The summed E-state index contributed by atoms with van der Waals surface area (Å²) in [5.74, 6) is 0.0537. The van der Waals surface area contributed by atoms with Crippen LogP contribution in [0.25, 0.3) is 0 Å². The molecule has 20 heavy (non-hydrogen) atoms. The van der Waals surface area contributed by atoms with E-state index in [1.165, 1.54) is 25.0 Å². The predicted octanol–water partition coefficient (Wildman–Crippen LogP) is 5.18. The van der Waals surface area contributed by atoms with Crippen LogP contribution < -0.4 is 10.1 Å². The molecule has 0 aromatic heterocycles. The molecule has 1 rings (SSSR count). The second-order valence-corrected chi connectivity index (χ2v) is 6.33. The van der Waals surface area contributed by atoms with Crippen molar-refractivity contribution in [1.29, 1.82) is 0 Å². The van der Waals surface area contributed by atoms with E-state index < -0.39 is 5.82 Å². The average Bonchev–Trinajstić information content (AvgIpc) is 2.38. The molecular formula is C15H22BrClFNO. The van der Waals surface area contributed by atoms with E-state index >= 15 is 0 Å². The molecule has 2 nitrogen and oxygen atoms in total. The van der Waals surface area contributed by atoms with Gasteiger partial charge in [0.15, 0.2) is 0 Å². The molecule has 0 radical (unpaired) electrons. The van der Waals surface area contributed by atoms with Gasteiger partial charge in [0.05, 0.1) is 16.1 Å². The topological polar surface area (TPSA) is 21.3 Å². The number of unbranched alkanes of at least 4 members (excludes halogenated alkanes) is 3. The number of benzene rings is 1. The van der Waals surface area contributed by atoms with E-state index in [1.54, 1.807) is 0 Å². The second-order valence-electron chi connectivity index (χ2n) is 5.07. The monoisotopic (exact) mass is 365 g/mol. The Labute approximate surface area is 134 Å². The number of rotatable bonds is 9. The van der Waals surface area contributed by atoms with Crippen LogP contribution in [0.5, 0.6) is 5.75 Å². The Kier molecular flexibility index (Phi) is 8.50. The third kappa shape index (κ3) is 6.91. The van der Waals surface area contributed by atoms with Gasteiger partial charge in [-0.25, -0.2) is 4.39 Å². The predicted molar refractivity (Wildman–Crippen MR) is 86.2 cm³/mol. The zero-order chi connectivity index (χ0) is 15.0. The van der Waals surface area contributed by atoms with Crippen molar-refractivity contribution in [2.24, 2.45) is 0 Å². The molecule has 1 N–H and O–H groups in total. The minimum absolute atomic E-state index is 0.0990. The summed E-state index contributed by atoms with van der Waals surface area (Å²) in [6, 6.07) is 3.39. The van der Waals surface area contributed by atoms with Crippen molar-refractivity contribution in [1.82, 2.24) is 5.32 Å². The summed E-state index contributed by atoms with van der Waals surface area (Å²) in [4.78, 5) is 0. The zero-order valence-corrected chi connectivity index (χ0v) is 14.4. The van der Waals surface area contributed by atoms with Crippen molar-refractivity contribution >= 4 is 27.5 Å². The molecule has 114 valence electrons. The lowest BCUT2D eigenvalue weighted by Gasteiger charge is -2.09. The lowest BCUT2D eigenvalue weighted by molar-refractivity contribution is 0.301. The first-order chi connectivity index (χ1) is 9.50. The van der Waals surface area contributed by atoms with Gasteiger partial charge in [0, 0.05) is 12.1 Å². The van der Waals surface area contributed by atoms with Crippen molar-refractivity contribution in [2.45, 2.75) is 45.6 Å². The number of nitrogens with one attached hydrogen (secondary N) is 1. The van der Waals surface area contributed by atoms with E-state index in [-0.39, 0.29) is 5.02 Å². The van der Waals surface area contributed by atoms with Gasteiger partial charge in [-0.1, -0.05) is 38.3 Å². The van der Waals surface area contributed by atoms with E-state index in [9.17, 15) is 4.39 Å². The standard InChI is InChI=1S/C15H22BrClFNO/c1-11(2)19-7-5-3-4-6-8-20-15-10-14(18)13(17)9-12(15)16/h9-11,19H,3-8H2,1-2H3. The molecule has 0 aliphatic rings. The van der Waals surface area contributed by atoms with Crippen LogP contribution in [0.15, 0.2) is 16.6 Å². The van der Waals surface area contributed by atoms with Gasteiger partial charge in [0.2, 0.25) is 0 Å². The second kappa shape index (κ2) is 9.59. The third-order valence-electron chi connectivity index (χ3n) is 2.86. The molecule has 0 saturated heterocycles. The number of hydrogen-bond donors (Lipinski definition) is 1. The highest BCUT2D eigenvalue weighted by molar-refractivity contribution is 9.10. The molecule has 0 aliphatic carbocycles. The molecule has 1 aromatic carbocycles. The smallest absolute Gasteiger partial charge is 0.145 e. The highest BCUT2D eigenvalue weighted by Crippen LogP contribution is 2.30. The van der Waals surface area contributed by atoms with Crippen LogP contribution in [0.4, 0.5) is 4.39 Å². The Balaban J connectivity index is 2.14. The largest absolute Gasteiger partial charge is 0.492 e. The highest BCUT2D eigenvalue weighted by atomic mass is 79.9. The van der Waals surface area contributed by atoms with E-state index in [0.717, 1.165) is 19.4 Å². The molecule has 5 heteroatoms. The molecule has 0 heterocycles. The van der Waals surface area contributed by atoms with Gasteiger partial charge in [-0.05, 0) is 41.4 Å². The summed E-state index contributed by atoms with van der Waals surface area (Å²) in [7, 11) is 0. The maximum atomic E-state index is 13.3. The summed E-state index contributed by atoms with van der Waals surface area (Å²) in [6.07, 6.45) is 4.45. The van der Waals surface area contributed by atoms with E-state index in [4.69, 9.17) is 16.3 Å². The minimum atomic E-state index is -0.454. The fraction of sp³-hybridized carbons (Fsp3) is 0.600. The van der Waals surface area contributed by atoms with Gasteiger partial charge in [-0.3, -0.25) is 0 Å². The highest BCUT2D eigenvalue weighted by Gasteiger charge is 2.07. The van der Waals surface area contributed by atoms with Crippen LogP contribution in [0.2, 0.25) is 5.02 Å². The van der Waals surface area contributed by atoms with E-state index in [0.29, 0.717) is 22.9 Å². The summed E-state index contributed by atoms with van der Waals surface area (Å²) < 4.78 is 19.5. The first kappa shape index (κ1) is 17.7. The van der Waals surface area contributed by atoms with Crippen molar-refractivity contribution < 1.29 is 9.13 Å². The zero-order valence-electron chi connectivity index (χ0n) is 12.0. The van der Waals surface area contributed by atoms with Crippen LogP contribution >= 0.6 is 27.5 Å². The number of ether oxygens (including phenoxy) is 1. The SMILES string of the molecule is CC(C)NCCCCCCOc1cc(F)c(Cl)cc1Br. The molecule has 0 unspecified atom stereocenters. The van der Waals surface area contributed by atoms with E-state index in [1.807, 2.05) is 0 Å². The lowest BCUT2D eigenvalue weighted by atomic mass is 10.2. The van der Waals surface area contributed by atoms with Gasteiger partial charge in [-0.2, -0.15) is 0 Å². The van der Waals surface area contributed by atoms with Gasteiger partial charge in [0.1, 0.15) is 11.6 Å². The lowest BCUT2D eigenvalue weighted by Crippen LogP contribution is -2.23. The normalized spacial score (nSPS) is 11.1. The Bertz CT molecular complexity index is 415. The minimum Gasteiger partial charge on any atom is -0.492 e. The molecular weight excluding hydrogens is 345 g/mol. The maximum Gasteiger partial charge on any atom is 0.145 e. The summed E-state index contributed by atoms with van der Waals surface area (Å²) >= 11 is 8.99. The Morgan fingerprint density at radius 1 is 1.25 bits per heavy atom. The Hall–Kier alpha value is -0.320. The Morgan fingerprint density at radius 2 is 1.95 bits per heavy atom. The van der Waals surface area contributed by atoms with Crippen LogP contribution in [-0.2, 0) is 0 Å². The van der Waals surface area contributed by atoms with Crippen LogP contribution in [0.1, 0.15) is 39.5 Å². The first-order valence-electron chi connectivity index (χ1n) is 7.01. The summed E-state index contributed by atoms with van der Waals surface area (Å²) in [5, 5.41) is 3.49. The fourth-order valence-electron chi connectivity index (χ4n) is 1.77. The van der Waals surface area contributed by atoms with Crippen LogP contribution in [0, 0.1) is 5.82 Å². The molecule has 0 fully saturated rings. The van der Waals surface area contributed by atoms with Crippen LogP contribution in [-0.4, -0.2) is 19.2 Å². The average molecular weight is 367 g/mol. The first-order valence-corrected chi connectivity index (χ1v) is 8.18. The van der Waals surface area contributed by atoms with Gasteiger partial charge < -0.3 is 10.1 Å². The third-order valence-corrected chi connectivity index (χ3v) is 3.77. The molecule has 1 aromatic rings. The molecule has 0 spiro atoms. The quantitative estimate of drug-likeness (QED) is 0.480. The fourth-order valence-corrected chi connectivity index (χ4v) is 2.52.